The average Bonchev–Trinajstić information content (AvgIpc) is 2.80. The van der Waals surface area contributed by atoms with E-state index in [2.05, 4.69) is 51.2 Å². The molecule has 82 valence electrons. The number of hydrogen-bond acceptors (Lipinski definition) is 1. The van der Waals surface area contributed by atoms with E-state index in [4.69, 9.17) is 0 Å². The van der Waals surface area contributed by atoms with Gasteiger partial charge in [0.25, 0.3) is 0 Å². The van der Waals surface area contributed by atoms with Crippen molar-refractivity contribution in [3.63, 3.8) is 0 Å². The predicted molar refractivity (Wildman–Crippen MR) is 68.7 cm³/mol. The Hall–Kier alpha value is -0.340. The third kappa shape index (κ3) is 3.05. The van der Waals surface area contributed by atoms with Crippen molar-refractivity contribution in [3.8, 4) is 0 Å². The van der Waals surface area contributed by atoms with Gasteiger partial charge >= 0.3 is 0 Å². The molecule has 0 spiro atoms. The van der Waals surface area contributed by atoms with Crippen LogP contribution >= 0.6 is 15.9 Å². The summed E-state index contributed by atoms with van der Waals surface area (Å²) in [6, 6.07) is 10.8. The van der Waals surface area contributed by atoms with Gasteiger partial charge in [-0.1, -0.05) is 46.3 Å². The Kier molecular flexibility index (Phi) is 4.21. The highest BCUT2D eigenvalue weighted by Gasteiger charge is 2.17. The van der Waals surface area contributed by atoms with Crippen molar-refractivity contribution in [2.24, 2.45) is 0 Å². The molecule has 0 aliphatic carbocycles. The van der Waals surface area contributed by atoms with Gasteiger partial charge in [0, 0.05) is 17.8 Å². The van der Waals surface area contributed by atoms with Gasteiger partial charge in [0.15, 0.2) is 0 Å². The second-order valence-electron chi connectivity index (χ2n) is 4.27. The molecule has 0 saturated carbocycles. The minimum atomic E-state index is 0.643. The molecule has 1 nitrogen and oxygen atoms in total. The van der Waals surface area contributed by atoms with Crippen molar-refractivity contribution in [2.45, 2.75) is 18.8 Å². The molecular formula is C13H18BrN. The molecule has 1 aromatic rings. The molecular weight excluding hydrogens is 250 g/mol. The van der Waals surface area contributed by atoms with Crippen LogP contribution in [-0.2, 0) is 0 Å². The first-order valence-electron chi connectivity index (χ1n) is 5.73. The van der Waals surface area contributed by atoms with Crippen LogP contribution in [0.2, 0.25) is 0 Å². The Bertz CT molecular complexity index is 280. The summed E-state index contributed by atoms with van der Waals surface area (Å²) in [7, 11) is 0. The third-order valence-corrected chi connectivity index (χ3v) is 3.92. The van der Waals surface area contributed by atoms with Gasteiger partial charge in [-0.2, -0.15) is 0 Å². The summed E-state index contributed by atoms with van der Waals surface area (Å²) in [5.74, 6) is 0.643. The van der Waals surface area contributed by atoms with Crippen LogP contribution in [0, 0.1) is 0 Å². The van der Waals surface area contributed by atoms with Gasteiger partial charge in [-0.15, -0.1) is 0 Å². The zero-order valence-electron chi connectivity index (χ0n) is 9.03. The number of halogens is 1. The summed E-state index contributed by atoms with van der Waals surface area (Å²) in [5, 5.41) is 1.06. The van der Waals surface area contributed by atoms with E-state index >= 15 is 0 Å². The monoisotopic (exact) mass is 267 g/mol. The first-order chi connectivity index (χ1) is 7.40. The van der Waals surface area contributed by atoms with Gasteiger partial charge < -0.3 is 4.90 Å². The minimum Gasteiger partial charge on any atom is -0.303 e. The van der Waals surface area contributed by atoms with Crippen LogP contribution in [0.1, 0.15) is 24.3 Å². The van der Waals surface area contributed by atoms with Gasteiger partial charge in [-0.05, 0) is 31.5 Å². The molecule has 1 saturated heterocycles. The van der Waals surface area contributed by atoms with Gasteiger partial charge in [0.05, 0.1) is 0 Å². The number of hydrogen-bond donors (Lipinski definition) is 0. The molecule has 0 amide bonds. The fourth-order valence-electron chi connectivity index (χ4n) is 2.25. The summed E-state index contributed by atoms with van der Waals surface area (Å²) in [6.45, 7) is 3.78. The Balaban J connectivity index is 1.97. The molecule has 0 bridgehead atoms. The number of nitrogens with zero attached hydrogens (tertiary/aromatic N) is 1. The molecule has 2 rings (SSSR count). The normalized spacial score (nSPS) is 19.3. The lowest BCUT2D eigenvalue weighted by Crippen LogP contribution is -2.26. The first kappa shape index (κ1) is 11.2. The molecule has 1 aromatic carbocycles. The smallest absolute Gasteiger partial charge is 0.0112 e. The van der Waals surface area contributed by atoms with Crippen LogP contribution in [0.15, 0.2) is 30.3 Å². The van der Waals surface area contributed by atoms with Crippen molar-refractivity contribution in [1.29, 1.82) is 0 Å². The highest BCUT2D eigenvalue weighted by Crippen LogP contribution is 2.21. The predicted octanol–water partition coefficient (Wildman–Crippen LogP) is 3.26. The highest BCUT2D eigenvalue weighted by atomic mass is 79.9. The molecule has 1 atom stereocenters. The molecule has 1 unspecified atom stereocenters. The van der Waals surface area contributed by atoms with Crippen LogP contribution in [0.3, 0.4) is 0 Å². The van der Waals surface area contributed by atoms with E-state index in [1.807, 2.05) is 0 Å². The van der Waals surface area contributed by atoms with E-state index in [0.29, 0.717) is 5.92 Å². The lowest BCUT2D eigenvalue weighted by Gasteiger charge is -2.22. The van der Waals surface area contributed by atoms with Crippen LogP contribution in [0.25, 0.3) is 0 Å². The van der Waals surface area contributed by atoms with E-state index < -0.39 is 0 Å². The SMILES string of the molecule is BrCC(CN1CCCC1)c1ccccc1. The molecule has 0 radical (unpaired) electrons. The van der Waals surface area contributed by atoms with Crippen LogP contribution in [0.5, 0.6) is 0 Å². The third-order valence-electron chi connectivity index (χ3n) is 3.13. The van der Waals surface area contributed by atoms with E-state index in [1.165, 1.54) is 38.0 Å². The largest absolute Gasteiger partial charge is 0.303 e. The van der Waals surface area contributed by atoms with Crippen molar-refractivity contribution in [2.75, 3.05) is 25.0 Å². The van der Waals surface area contributed by atoms with Crippen molar-refractivity contribution in [3.05, 3.63) is 35.9 Å². The lowest BCUT2D eigenvalue weighted by molar-refractivity contribution is 0.323. The summed E-state index contributed by atoms with van der Waals surface area (Å²) < 4.78 is 0. The molecule has 1 heterocycles. The van der Waals surface area contributed by atoms with Gasteiger partial charge in [-0.3, -0.25) is 0 Å². The van der Waals surface area contributed by atoms with E-state index in [-0.39, 0.29) is 0 Å². The Morgan fingerprint density at radius 3 is 2.40 bits per heavy atom. The highest BCUT2D eigenvalue weighted by molar-refractivity contribution is 9.09. The van der Waals surface area contributed by atoms with Crippen LogP contribution < -0.4 is 0 Å². The Morgan fingerprint density at radius 1 is 1.13 bits per heavy atom. The first-order valence-corrected chi connectivity index (χ1v) is 6.85. The molecule has 1 aliphatic rings. The van der Waals surface area contributed by atoms with E-state index in [9.17, 15) is 0 Å². The summed E-state index contributed by atoms with van der Waals surface area (Å²) >= 11 is 3.63. The second kappa shape index (κ2) is 5.66. The Labute approximate surface area is 101 Å². The fourth-order valence-corrected chi connectivity index (χ4v) is 2.82. The van der Waals surface area contributed by atoms with E-state index in [1.54, 1.807) is 0 Å². The minimum absolute atomic E-state index is 0.643. The van der Waals surface area contributed by atoms with Gasteiger partial charge in [0.1, 0.15) is 0 Å². The van der Waals surface area contributed by atoms with Crippen molar-refractivity contribution < 1.29 is 0 Å². The second-order valence-corrected chi connectivity index (χ2v) is 4.92. The summed E-state index contributed by atoms with van der Waals surface area (Å²) in [6.07, 6.45) is 2.76. The number of benzene rings is 1. The topological polar surface area (TPSA) is 3.24 Å². The van der Waals surface area contributed by atoms with E-state index in [0.717, 1.165) is 5.33 Å². The summed E-state index contributed by atoms with van der Waals surface area (Å²) in [5.41, 5.74) is 1.46. The molecule has 2 heteroatoms. The van der Waals surface area contributed by atoms with Crippen molar-refractivity contribution >= 4 is 15.9 Å². The molecule has 0 N–H and O–H groups in total. The standard InChI is InChI=1S/C13H18BrN/c14-10-13(11-15-8-4-5-9-15)12-6-2-1-3-7-12/h1-3,6-7,13H,4-5,8-11H2. The molecule has 15 heavy (non-hydrogen) atoms. The average molecular weight is 268 g/mol. The number of rotatable bonds is 4. The fraction of sp³-hybridized carbons (Fsp3) is 0.538. The molecule has 1 fully saturated rings. The lowest BCUT2D eigenvalue weighted by atomic mass is 10.0. The number of likely N-dealkylation sites (tertiary alicyclic amines) is 1. The van der Waals surface area contributed by atoms with Crippen LogP contribution in [-0.4, -0.2) is 29.9 Å². The van der Waals surface area contributed by atoms with Crippen LogP contribution in [0.4, 0.5) is 0 Å². The molecule has 0 aromatic heterocycles. The zero-order chi connectivity index (χ0) is 10.5. The molecule has 1 aliphatic heterocycles. The maximum Gasteiger partial charge on any atom is 0.0112 e. The maximum absolute atomic E-state index is 3.63. The maximum atomic E-state index is 3.63. The zero-order valence-corrected chi connectivity index (χ0v) is 10.6. The van der Waals surface area contributed by atoms with Crippen molar-refractivity contribution in [1.82, 2.24) is 4.90 Å². The quantitative estimate of drug-likeness (QED) is 0.758. The van der Waals surface area contributed by atoms with Gasteiger partial charge in [-0.25, -0.2) is 0 Å². The summed E-state index contributed by atoms with van der Waals surface area (Å²) in [4.78, 5) is 2.58. The Morgan fingerprint density at radius 2 is 1.80 bits per heavy atom. The van der Waals surface area contributed by atoms with Gasteiger partial charge in [0.2, 0.25) is 0 Å². The number of alkyl halides is 1.